The second-order valence-electron chi connectivity index (χ2n) is 9.32. The SMILES string of the molecule is Cn1c(Nc2nc3ccc(C(=O)NC4CCN(Cc5ccccc5)CC4)cc3s2)nc2ccccc21. The summed E-state index contributed by atoms with van der Waals surface area (Å²) in [5.41, 5.74) is 4.88. The third kappa shape index (κ3) is 4.69. The zero-order valence-electron chi connectivity index (χ0n) is 20.1. The van der Waals surface area contributed by atoms with E-state index in [1.54, 1.807) is 0 Å². The number of nitrogens with zero attached hydrogens (tertiary/aromatic N) is 4. The van der Waals surface area contributed by atoms with Gasteiger partial charge in [0.1, 0.15) is 0 Å². The minimum Gasteiger partial charge on any atom is -0.349 e. The van der Waals surface area contributed by atoms with Crippen molar-refractivity contribution < 1.29 is 4.79 Å². The Bertz CT molecular complexity index is 1520. The maximum absolute atomic E-state index is 13.0. The molecular formula is C28H28N6OS. The highest BCUT2D eigenvalue weighted by molar-refractivity contribution is 7.22. The molecule has 0 saturated carbocycles. The van der Waals surface area contributed by atoms with E-state index in [0.717, 1.165) is 64.8 Å². The van der Waals surface area contributed by atoms with E-state index in [1.807, 2.05) is 60.1 Å². The molecule has 1 fully saturated rings. The predicted molar refractivity (Wildman–Crippen MR) is 146 cm³/mol. The number of likely N-dealkylation sites (tertiary alicyclic amines) is 1. The normalized spacial score (nSPS) is 14.9. The molecule has 3 heterocycles. The highest BCUT2D eigenvalue weighted by Gasteiger charge is 2.21. The van der Waals surface area contributed by atoms with Crippen LogP contribution in [0.4, 0.5) is 11.1 Å². The molecule has 2 N–H and O–H groups in total. The monoisotopic (exact) mass is 496 g/mol. The van der Waals surface area contributed by atoms with Crippen LogP contribution in [0.2, 0.25) is 0 Å². The molecule has 36 heavy (non-hydrogen) atoms. The van der Waals surface area contributed by atoms with Crippen LogP contribution in [0.15, 0.2) is 72.8 Å². The Kier molecular flexibility index (Phi) is 6.13. The molecule has 7 nitrogen and oxygen atoms in total. The van der Waals surface area contributed by atoms with Crippen LogP contribution >= 0.6 is 11.3 Å². The van der Waals surface area contributed by atoms with Crippen molar-refractivity contribution in [3.8, 4) is 0 Å². The van der Waals surface area contributed by atoms with Crippen LogP contribution in [0.25, 0.3) is 21.3 Å². The number of nitrogens with one attached hydrogen (secondary N) is 2. The fourth-order valence-corrected chi connectivity index (χ4v) is 5.72. The summed E-state index contributed by atoms with van der Waals surface area (Å²) in [5.74, 6) is 0.725. The molecule has 5 aromatic rings. The molecule has 0 atom stereocenters. The van der Waals surface area contributed by atoms with Crippen molar-refractivity contribution in [3.05, 3.63) is 83.9 Å². The lowest BCUT2D eigenvalue weighted by Gasteiger charge is -2.32. The Morgan fingerprint density at radius 1 is 0.972 bits per heavy atom. The number of thiazole rings is 1. The van der Waals surface area contributed by atoms with Gasteiger partial charge in [0, 0.05) is 38.3 Å². The number of aromatic nitrogens is 3. The van der Waals surface area contributed by atoms with Gasteiger partial charge in [0.15, 0.2) is 5.13 Å². The average Bonchev–Trinajstić information content (AvgIpc) is 3.45. The predicted octanol–water partition coefficient (Wildman–Crippen LogP) is 5.32. The van der Waals surface area contributed by atoms with Crippen molar-refractivity contribution in [2.24, 2.45) is 7.05 Å². The number of piperidine rings is 1. The van der Waals surface area contributed by atoms with Gasteiger partial charge in [-0.25, -0.2) is 9.97 Å². The lowest BCUT2D eigenvalue weighted by Crippen LogP contribution is -2.44. The van der Waals surface area contributed by atoms with Crippen molar-refractivity contribution in [1.29, 1.82) is 0 Å². The average molecular weight is 497 g/mol. The Hall–Kier alpha value is -3.75. The summed E-state index contributed by atoms with van der Waals surface area (Å²) in [5, 5.41) is 7.34. The first-order valence-corrected chi connectivity index (χ1v) is 13.1. The quantitative estimate of drug-likeness (QED) is 0.333. The fourth-order valence-electron chi connectivity index (χ4n) is 4.82. The van der Waals surface area contributed by atoms with Crippen molar-refractivity contribution in [3.63, 3.8) is 0 Å². The summed E-state index contributed by atoms with van der Waals surface area (Å²) in [6.45, 7) is 2.95. The van der Waals surface area contributed by atoms with E-state index >= 15 is 0 Å². The molecule has 1 aliphatic heterocycles. The van der Waals surface area contributed by atoms with Crippen LogP contribution in [0.1, 0.15) is 28.8 Å². The first-order valence-electron chi connectivity index (χ1n) is 12.3. The number of amides is 1. The third-order valence-corrected chi connectivity index (χ3v) is 7.76. The van der Waals surface area contributed by atoms with E-state index in [4.69, 9.17) is 4.98 Å². The molecule has 0 unspecified atom stereocenters. The summed E-state index contributed by atoms with van der Waals surface area (Å²) >= 11 is 1.53. The van der Waals surface area contributed by atoms with Crippen LogP contribution in [-0.2, 0) is 13.6 Å². The summed E-state index contributed by atoms with van der Waals surface area (Å²) in [7, 11) is 1.99. The van der Waals surface area contributed by atoms with E-state index in [-0.39, 0.29) is 11.9 Å². The molecule has 1 amide bonds. The fraction of sp³-hybridized carbons (Fsp3) is 0.250. The molecular weight excluding hydrogens is 468 g/mol. The second-order valence-corrected chi connectivity index (χ2v) is 10.3. The van der Waals surface area contributed by atoms with Gasteiger partial charge in [-0.1, -0.05) is 53.8 Å². The largest absolute Gasteiger partial charge is 0.349 e. The molecule has 0 bridgehead atoms. The Labute approximate surface area is 213 Å². The van der Waals surface area contributed by atoms with Gasteiger partial charge in [0.05, 0.1) is 21.3 Å². The maximum atomic E-state index is 13.0. The minimum absolute atomic E-state index is 0.0170. The molecule has 0 spiro atoms. The zero-order valence-corrected chi connectivity index (χ0v) is 21.0. The molecule has 182 valence electrons. The van der Waals surface area contributed by atoms with Gasteiger partial charge < -0.3 is 15.2 Å². The molecule has 8 heteroatoms. The lowest BCUT2D eigenvalue weighted by molar-refractivity contribution is 0.0909. The summed E-state index contributed by atoms with van der Waals surface area (Å²) in [6.07, 6.45) is 1.93. The molecule has 0 radical (unpaired) electrons. The van der Waals surface area contributed by atoms with E-state index < -0.39 is 0 Å². The number of hydrogen-bond acceptors (Lipinski definition) is 6. The first-order chi connectivity index (χ1) is 17.6. The Morgan fingerprint density at radius 3 is 2.56 bits per heavy atom. The van der Waals surface area contributed by atoms with Gasteiger partial charge >= 0.3 is 0 Å². The van der Waals surface area contributed by atoms with Gasteiger partial charge in [-0.2, -0.15) is 0 Å². The van der Waals surface area contributed by atoms with E-state index in [1.165, 1.54) is 16.9 Å². The van der Waals surface area contributed by atoms with Crippen molar-refractivity contribution in [2.75, 3.05) is 18.4 Å². The lowest BCUT2D eigenvalue weighted by atomic mass is 10.0. The van der Waals surface area contributed by atoms with Gasteiger partial charge in [0.25, 0.3) is 5.91 Å². The van der Waals surface area contributed by atoms with E-state index in [2.05, 4.69) is 44.8 Å². The number of benzene rings is 3. The standard InChI is InChI=1S/C28H28N6OS/c1-33-24-10-6-5-9-22(24)30-27(33)32-28-31-23-12-11-20(17-25(23)36-28)26(35)29-21-13-15-34(16-14-21)18-19-7-3-2-4-8-19/h2-12,17,21H,13-16,18H2,1H3,(H,29,35)(H,30,31,32). The smallest absolute Gasteiger partial charge is 0.251 e. The summed E-state index contributed by atoms with van der Waals surface area (Å²) < 4.78 is 2.99. The number of rotatable bonds is 6. The number of anilines is 2. The number of hydrogen-bond donors (Lipinski definition) is 2. The molecule has 3 aromatic carbocycles. The van der Waals surface area contributed by atoms with Gasteiger partial charge in [-0.05, 0) is 48.7 Å². The topological polar surface area (TPSA) is 75.1 Å². The van der Waals surface area contributed by atoms with Crippen LogP contribution in [0, 0.1) is 0 Å². The van der Waals surface area contributed by atoms with Gasteiger partial charge in [0.2, 0.25) is 5.95 Å². The summed E-state index contributed by atoms with van der Waals surface area (Å²) in [4.78, 5) is 24.8. The highest BCUT2D eigenvalue weighted by atomic mass is 32.1. The molecule has 0 aliphatic carbocycles. The van der Waals surface area contributed by atoms with Crippen LogP contribution < -0.4 is 10.6 Å². The molecule has 2 aromatic heterocycles. The number of para-hydroxylation sites is 2. The van der Waals surface area contributed by atoms with Crippen LogP contribution in [0.3, 0.4) is 0 Å². The van der Waals surface area contributed by atoms with Crippen molar-refractivity contribution >= 4 is 49.6 Å². The maximum Gasteiger partial charge on any atom is 0.251 e. The van der Waals surface area contributed by atoms with Crippen LogP contribution in [0.5, 0.6) is 0 Å². The number of carbonyl (C=O) groups is 1. The number of aryl methyl sites for hydroxylation is 1. The molecule has 1 saturated heterocycles. The van der Waals surface area contributed by atoms with E-state index in [9.17, 15) is 4.79 Å². The number of carbonyl (C=O) groups excluding carboxylic acids is 1. The minimum atomic E-state index is -0.0170. The van der Waals surface area contributed by atoms with Gasteiger partial charge in [-0.15, -0.1) is 0 Å². The van der Waals surface area contributed by atoms with E-state index in [0.29, 0.717) is 5.56 Å². The van der Waals surface area contributed by atoms with Gasteiger partial charge in [-0.3, -0.25) is 9.69 Å². The third-order valence-electron chi connectivity index (χ3n) is 6.83. The Balaban J connectivity index is 1.09. The number of imidazole rings is 1. The van der Waals surface area contributed by atoms with Crippen LogP contribution in [-0.4, -0.2) is 44.5 Å². The zero-order chi connectivity index (χ0) is 24.5. The highest BCUT2D eigenvalue weighted by Crippen LogP contribution is 2.30. The first kappa shape index (κ1) is 22.7. The second kappa shape index (κ2) is 9.72. The van der Waals surface area contributed by atoms with Crippen molar-refractivity contribution in [1.82, 2.24) is 24.8 Å². The summed E-state index contributed by atoms with van der Waals surface area (Å²) in [6, 6.07) is 24.5. The molecule has 1 aliphatic rings. The Morgan fingerprint density at radius 2 is 1.75 bits per heavy atom. The number of fused-ring (bicyclic) bond motifs is 2. The van der Waals surface area contributed by atoms with Crippen molar-refractivity contribution in [2.45, 2.75) is 25.4 Å². The molecule has 6 rings (SSSR count).